The van der Waals surface area contributed by atoms with Crippen molar-refractivity contribution in [1.29, 1.82) is 0 Å². The molecule has 0 aliphatic rings. The van der Waals surface area contributed by atoms with Crippen LogP contribution in [0.5, 0.6) is 0 Å². The van der Waals surface area contributed by atoms with Crippen LogP contribution in [-0.4, -0.2) is 23.8 Å². The highest BCUT2D eigenvalue weighted by atomic mass is 15.1. The summed E-state index contributed by atoms with van der Waals surface area (Å²) in [4.78, 5) is 0. The lowest BCUT2D eigenvalue weighted by molar-refractivity contribution is 0.775. The van der Waals surface area contributed by atoms with Gasteiger partial charge in [-0.2, -0.15) is 5.10 Å². The molecule has 0 aliphatic carbocycles. The third kappa shape index (κ3) is 1.51. The van der Waals surface area contributed by atoms with Crippen LogP contribution in [0.25, 0.3) is 10.9 Å². The monoisotopic (exact) mass is 189 g/mol. The summed E-state index contributed by atoms with van der Waals surface area (Å²) in [6, 6.07) is 6.29. The van der Waals surface area contributed by atoms with Gasteiger partial charge < -0.3 is 5.32 Å². The number of para-hydroxylation sites is 1. The van der Waals surface area contributed by atoms with Gasteiger partial charge in [0.1, 0.15) is 0 Å². The Kier molecular flexibility index (Phi) is 2.50. The maximum absolute atomic E-state index is 4.32. The Balaban J connectivity index is 2.42. The van der Waals surface area contributed by atoms with Gasteiger partial charge in [0.15, 0.2) is 0 Å². The Bertz CT molecular complexity index is 431. The molecule has 3 heteroatoms. The lowest BCUT2D eigenvalue weighted by atomic mass is 10.1. The van der Waals surface area contributed by atoms with Crippen molar-refractivity contribution in [3.8, 4) is 0 Å². The maximum Gasteiger partial charge on any atom is 0.0952 e. The molecule has 0 aliphatic heterocycles. The predicted octanol–water partition coefficient (Wildman–Crippen LogP) is 1.63. The number of H-pyrrole nitrogens is 1. The Morgan fingerprint density at radius 1 is 1.43 bits per heavy atom. The third-order valence-corrected chi connectivity index (χ3v) is 2.49. The molecule has 0 radical (unpaired) electrons. The minimum atomic E-state index is 0.977. The van der Waals surface area contributed by atoms with Crippen LogP contribution < -0.4 is 5.32 Å². The van der Waals surface area contributed by atoms with Crippen molar-refractivity contribution in [3.63, 3.8) is 0 Å². The van der Waals surface area contributed by atoms with Gasteiger partial charge in [-0.3, -0.25) is 5.10 Å². The number of hydrogen-bond donors (Lipinski definition) is 2. The van der Waals surface area contributed by atoms with Crippen molar-refractivity contribution in [3.05, 3.63) is 29.5 Å². The summed E-state index contributed by atoms with van der Waals surface area (Å²) in [5, 5.41) is 11.8. The van der Waals surface area contributed by atoms with Crippen LogP contribution in [0.15, 0.2) is 18.2 Å². The van der Waals surface area contributed by atoms with Gasteiger partial charge in [-0.1, -0.05) is 18.2 Å². The van der Waals surface area contributed by atoms with Gasteiger partial charge in [0, 0.05) is 24.0 Å². The summed E-state index contributed by atoms with van der Waals surface area (Å²) in [6.07, 6.45) is 0.996. The molecular formula is C11H15N3. The first-order chi connectivity index (χ1) is 6.83. The zero-order valence-electron chi connectivity index (χ0n) is 8.59. The standard InChI is InChI=1S/C11H15N3/c1-8-4-3-5-9-10(6-7-12-2)13-14-11(8)9/h3-5,12H,6-7H2,1-2H3,(H,13,14). The summed E-state index contributed by atoms with van der Waals surface area (Å²) < 4.78 is 0. The minimum Gasteiger partial charge on any atom is -0.319 e. The second kappa shape index (κ2) is 3.80. The van der Waals surface area contributed by atoms with E-state index in [4.69, 9.17) is 0 Å². The first-order valence-corrected chi connectivity index (χ1v) is 4.90. The van der Waals surface area contributed by atoms with E-state index in [1.54, 1.807) is 0 Å². The molecule has 0 spiro atoms. The molecule has 0 unspecified atom stereocenters. The number of nitrogens with zero attached hydrogens (tertiary/aromatic N) is 1. The fourth-order valence-electron chi connectivity index (χ4n) is 1.68. The minimum absolute atomic E-state index is 0.977. The molecule has 0 saturated carbocycles. The van der Waals surface area contributed by atoms with Crippen molar-refractivity contribution >= 4 is 10.9 Å². The van der Waals surface area contributed by atoms with Crippen molar-refractivity contribution in [2.45, 2.75) is 13.3 Å². The van der Waals surface area contributed by atoms with Crippen LogP contribution in [0, 0.1) is 6.92 Å². The lowest BCUT2D eigenvalue weighted by Gasteiger charge is -1.97. The lowest BCUT2D eigenvalue weighted by Crippen LogP contribution is -2.10. The van der Waals surface area contributed by atoms with Crippen LogP contribution in [0.1, 0.15) is 11.3 Å². The van der Waals surface area contributed by atoms with E-state index in [1.807, 2.05) is 7.05 Å². The second-order valence-electron chi connectivity index (χ2n) is 3.53. The smallest absolute Gasteiger partial charge is 0.0952 e. The van der Waals surface area contributed by atoms with Crippen LogP contribution >= 0.6 is 0 Å². The summed E-state index contributed by atoms with van der Waals surface area (Å²) >= 11 is 0. The first-order valence-electron chi connectivity index (χ1n) is 4.90. The molecule has 2 N–H and O–H groups in total. The average molecular weight is 189 g/mol. The number of aromatic amines is 1. The van der Waals surface area contributed by atoms with Gasteiger partial charge in [0.25, 0.3) is 0 Å². The van der Waals surface area contributed by atoms with Gasteiger partial charge >= 0.3 is 0 Å². The number of nitrogens with one attached hydrogen (secondary N) is 2. The molecule has 0 bridgehead atoms. The molecule has 1 aromatic heterocycles. The van der Waals surface area contributed by atoms with Crippen LogP contribution in [0.2, 0.25) is 0 Å². The molecule has 2 rings (SSSR count). The first kappa shape index (κ1) is 9.21. The third-order valence-electron chi connectivity index (χ3n) is 2.49. The highest BCUT2D eigenvalue weighted by Crippen LogP contribution is 2.18. The largest absolute Gasteiger partial charge is 0.319 e. The second-order valence-corrected chi connectivity index (χ2v) is 3.53. The van der Waals surface area contributed by atoms with Crippen molar-refractivity contribution in [1.82, 2.24) is 15.5 Å². The van der Waals surface area contributed by atoms with Gasteiger partial charge in [-0.05, 0) is 19.5 Å². The van der Waals surface area contributed by atoms with Crippen LogP contribution in [0.4, 0.5) is 0 Å². The molecule has 3 nitrogen and oxygen atoms in total. The normalized spacial score (nSPS) is 11.0. The molecule has 0 atom stereocenters. The Morgan fingerprint density at radius 2 is 2.29 bits per heavy atom. The maximum atomic E-state index is 4.32. The molecule has 14 heavy (non-hydrogen) atoms. The highest BCUT2D eigenvalue weighted by Gasteiger charge is 2.05. The number of rotatable bonds is 3. The quantitative estimate of drug-likeness (QED) is 0.770. The van der Waals surface area contributed by atoms with Crippen molar-refractivity contribution in [2.24, 2.45) is 0 Å². The number of aromatic nitrogens is 2. The molecule has 1 heterocycles. The zero-order valence-corrected chi connectivity index (χ0v) is 8.59. The number of fused-ring (bicyclic) bond motifs is 1. The molecule has 0 amide bonds. The van der Waals surface area contributed by atoms with Gasteiger partial charge in [-0.15, -0.1) is 0 Å². The van der Waals surface area contributed by atoms with Crippen LogP contribution in [0.3, 0.4) is 0 Å². The van der Waals surface area contributed by atoms with E-state index in [0.29, 0.717) is 0 Å². The van der Waals surface area contributed by atoms with Crippen molar-refractivity contribution in [2.75, 3.05) is 13.6 Å². The topological polar surface area (TPSA) is 40.7 Å². The SMILES string of the molecule is CNCCc1[nH]nc2c(C)cccc12. The highest BCUT2D eigenvalue weighted by molar-refractivity contribution is 5.84. The fourth-order valence-corrected chi connectivity index (χ4v) is 1.68. The van der Waals surface area contributed by atoms with E-state index in [1.165, 1.54) is 16.6 Å². The molecule has 2 aromatic rings. The van der Waals surface area contributed by atoms with E-state index in [0.717, 1.165) is 18.5 Å². The van der Waals surface area contributed by atoms with Gasteiger partial charge in [-0.25, -0.2) is 0 Å². The molecule has 1 aromatic carbocycles. The van der Waals surface area contributed by atoms with Crippen LogP contribution in [-0.2, 0) is 6.42 Å². The number of aryl methyl sites for hydroxylation is 1. The van der Waals surface area contributed by atoms with Gasteiger partial charge in [0.05, 0.1) is 5.52 Å². The Morgan fingerprint density at radius 3 is 3.07 bits per heavy atom. The number of likely N-dealkylation sites (N-methyl/N-ethyl adjacent to an activating group) is 1. The summed E-state index contributed by atoms with van der Waals surface area (Å²) in [7, 11) is 1.96. The van der Waals surface area contributed by atoms with E-state index in [-0.39, 0.29) is 0 Å². The molecule has 0 saturated heterocycles. The molecule has 74 valence electrons. The van der Waals surface area contributed by atoms with E-state index >= 15 is 0 Å². The zero-order chi connectivity index (χ0) is 9.97. The van der Waals surface area contributed by atoms with E-state index in [9.17, 15) is 0 Å². The Labute approximate surface area is 83.5 Å². The van der Waals surface area contributed by atoms with Crippen molar-refractivity contribution < 1.29 is 0 Å². The number of hydrogen-bond acceptors (Lipinski definition) is 2. The fraction of sp³-hybridized carbons (Fsp3) is 0.364. The summed E-state index contributed by atoms with van der Waals surface area (Å²) in [6.45, 7) is 3.07. The van der Waals surface area contributed by atoms with Gasteiger partial charge in [0.2, 0.25) is 0 Å². The predicted molar refractivity (Wildman–Crippen MR) is 58.5 cm³/mol. The average Bonchev–Trinajstić information content (AvgIpc) is 2.60. The number of benzene rings is 1. The molecule has 0 fully saturated rings. The summed E-state index contributed by atoms with van der Waals surface area (Å²) in [5.74, 6) is 0. The Hall–Kier alpha value is -1.35. The summed E-state index contributed by atoms with van der Waals surface area (Å²) in [5.41, 5.74) is 3.55. The molecular weight excluding hydrogens is 174 g/mol. The van der Waals surface area contributed by atoms with E-state index in [2.05, 4.69) is 40.6 Å². The van der Waals surface area contributed by atoms with E-state index < -0.39 is 0 Å².